The normalized spacial score (nSPS) is 14.3. The SMILES string of the molecule is O=C(CSc1n[nH]c(-c2ccncc2)n1)Nc1cccc(OCCN2CCOCC2)c1. The second-order valence-electron chi connectivity index (χ2n) is 6.87. The van der Waals surface area contributed by atoms with Crippen LogP contribution in [0.2, 0.25) is 0 Å². The van der Waals surface area contributed by atoms with E-state index >= 15 is 0 Å². The summed E-state index contributed by atoms with van der Waals surface area (Å²) in [4.78, 5) is 23.0. The Morgan fingerprint density at radius 2 is 2.06 bits per heavy atom. The van der Waals surface area contributed by atoms with Crippen molar-refractivity contribution >= 4 is 23.4 Å². The monoisotopic (exact) mass is 440 g/mol. The zero-order chi connectivity index (χ0) is 21.3. The third-order valence-corrected chi connectivity index (χ3v) is 5.50. The molecule has 1 fully saturated rings. The molecule has 1 amide bonds. The van der Waals surface area contributed by atoms with E-state index in [1.165, 1.54) is 11.8 Å². The Hall–Kier alpha value is -2.95. The Balaban J connectivity index is 1.22. The third kappa shape index (κ3) is 6.51. The molecule has 1 aliphatic rings. The highest BCUT2D eigenvalue weighted by atomic mass is 32.2. The highest BCUT2D eigenvalue weighted by Crippen LogP contribution is 2.20. The molecular weight excluding hydrogens is 416 g/mol. The molecule has 1 aromatic carbocycles. The number of morpholine rings is 1. The standard InChI is InChI=1S/C21H24N6O3S/c28-19(15-31-21-24-20(25-26-21)16-4-6-22-7-5-16)23-17-2-1-3-18(14-17)30-13-10-27-8-11-29-12-9-27/h1-7,14H,8-13,15H2,(H,23,28)(H,24,25,26). The Bertz CT molecular complexity index is 978. The summed E-state index contributed by atoms with van der Waals surface area (Å²) < 4.78 is 11.2. The summed E-state index contributed by atoms with van der Waals surface area (Å²) in [5.74, 6) is 1.45. The highest BCUT2D eigenvalue weighted by Gasteiger charge is 2.11. The molecule has 0 atom stereocenters. The number of aromatic nitrogens is 4. The van der Waals surface area contributed by atoms with Crippen LogP contribution in [0.25, 0.3) is 11.4 Å². The van der Waals surface area contributed by atoms with Crippen molar-refractivity contribution in [3.63, 3.8) is 0 Å². The van der Waals surface area contributed by atoms with Crippen molar-refractivity contribution in [2.75, 3.05) is 50.5 Å². The van der Waals surface area contributed by atoms with Gasteiger partial charge in [0.25, 0.3) is 0 Å². The van der Waals surface area contributed by atoms with Gasteiger partial charge < -0.3 is 14.8 Å². The van der Waals surface area contributed by atoms with Crippen LogP contribution in [0.5, 0.6) is 5.75 Å². The number of anilines is 1. The Morgan fingerprint density at radius 3 is 2.90 bits per heavy atom. The number of ether oxygens (including phenoxy) is 2. The van der Waals surface area contributed by atoms with Gasteiger partial charge in [0, 0.05) is 49.3 Å². The lowest BCUT2D eigenvalue weighted by Gasteiger charge is -2.26. The molecular formula is C21H24N6O3S. The molecule has 1 aliphatic heterocycles. The average molecular weight is 441 g/mol. The number of rotatable bonds is 9. The van der Waals surface area contributed by atoms with E-state index in [0.717, 1.165) is 44.2 Å². The lowest BCUT2D eigenvalue weighted by molar-refractivity contribution is -0.113. The van der Waals surface area contributed by atoms with Gasteiger partial charge in [0.2, 0.25) is 11.1 Å². The van der Waals surface area contributed by atoms with E-state index in [9.17, 15) is 4.79 Å². The fourth-order valence-electron chi connectivity index (χ4n) is 3.06. The Labute approximate surface area is 184 Å². The molecule has 2 N–H and O–H groups in total. The van der Waals surface area contributed by atoms with Crippen LogP contribution in [0, 0.1) is 0 Å². The van der Waals surface area contributed by atoms with Crippen molar-refractivity contribution < 1.29 is 14.3 Å². The summed E-state index contributed by atoms with van der Waals surface area (Å²) in [6.45, 7) is 4.88. The average Bonchev–Trinajstić information content (AvgIpc) is 3.29. The number of carbonyl (C=O) groups is 1. The highest BCUT2D eigenvalue weighted by molar-refractivity contribution is 7.99. The number of hydrogen-bond acceptors (Lipinski definition) is 8. The van der Waals surface area contributed by atoms with Crippen LogP contribution in [-0.2, 0) is 9.53 Å². The summed E-state index contributed by atoms with van der Waals surface area (Å²) in [5.41, 5.74) is 1.59. The number of amides is 1. The lowest BCUT2D eigenvalue weighted by Crippen LogP contribution is -2.38. The minimum absolute atomic E-state index is 0.134. The van der Waals surface area contributed by atoms with Gasteiger partial charge in [0.15, 0.2) is 5.82 Å². The maximum absolute atomic E-state index is 12.3. The number of nitrogens with one attached hydrogen (secondary N) is 2. The van der Waals surface area contributed by atoms with E-state index in [0.29, 0.717) is 23.3 Å². The van der Waals surface area contributed by atoms with Gasteiger partial charge in [-0.3, -0.25) is 19.8 Å². The van der Waals surface area contributed by atoms with E-state index in [1.54, 1.807) is 12.4 Å². The number of benzene rings is 1. The minimum Gasteiger partial charge on any atom is -0.492 e. The molecule has 0 unspecified atom stereocenters. The minimum atomic E-state index is -0.134. The van der Waals surface area contributed by atoms with Gasteiger partial charge in [-0.05, 0) is 24.3 Å². The summed E-state index contributed by atoms with van der Waals surface area (Å²) in [5, 5.41) is 10.4. The van der Waals surface area contributed by atoms with Gasteiger partial charge in [0.05, 0.1) is 19.0 Å². The fourth-order valence-corrected chi connectivity index (χ4v) is 3.66. The summed E-state index contributed by atoms with van der Waals surface area (Å²) >= 11 is 1.27. The molecule has 3 heterocycles. The van der Waals surface area contributed by atoms with Gasteiger partial charge >= 0.3 is 0 Å². The van der Waals surface area contributed by atoms with Crippen molar-refractivity contribution in [1.82, 2.24) is 25.1 Å². The first-order chi connectivity index (χ1) is 15.3. The van der Waals surface area contributed by atoms with E-state index in [4.69, 9.17) is 9.47 Å². The van der Waals surface area contributed by atoms with Gasteiger partial charge in [-0.1, -0.05) is 17.8 Å². The lowest BCUT2D eigenvalue weighted by atomic mass is 10.3. The summed E-state index contributed by atoms with van der Waals surface area (Å²) in [6.07, 6.45) is 3.39. The van der Waals surface area contributed by atoms with Crippen LogP contribution < -0.4 is 10.1 Å². The van der Waals surface area contributed by atoms with E-state index < -0.39 is 0 Å². The van der Waals surface area contributed by atoms with Gasteiger partial charge in [-0.2, -0.15) is 0 Å². The molecule has 4 rings (SSSR count). The zero-order valence-electron chi connectivity index (χ0n) is 17.0. The smallest absolute Gasteiger partial charge is 0.234 e. The van der Waals surface area contributed by atoms with Crippen molar-refractivity contribution in [1.29, 1.82) is 0 Å². The second-order valence-corrected chi connectivity index (χ2v) is 7.81. The second kappa shape index (κ2) is 10.9. The molecule has 0 bridgehead atoms. The number of carbonyl (C=O) groups excluding carboxylic acids is 1. The predicted octanol–water partition coefficient (Wildman–Crippen LogP) is 2.31. The van der Waals surface area contributed by atoms with Gasteiger partial charge in [-0.25, -0.2) is 4.98 Å². The maximum atomic E-state index is 12.3. The quantitative estimate of drug-likeness (QED) is 0.489. The van der Waals surface area contributed by atoms with Crippen molar-refractivity contribution in [3.05, 3.63) is 48.8 Å². The summed E-state index contributed by atoms with van der Waals surface area (Å²) in [6, 6.07) is 11.1. The first-order valence-electron chi connectivity index (χ1n) is 10.0. The molecule has 0 aliphatic carbocycles. The molecule has 31 heavy (non-hydrogen) atoms. The van der Waals surface area contributed by atoms with Crippen LogP contribution in [-0.4, -0.2) is 76.2 Å². The molecule has 0 radical (unpaired) electrons. The number of hydrogen-bond donors (Lipinski definition) is 2. The van der Waals surface area contributed by atoms with E-state index in [-0.39, 0.29) is 11.7 Å². The van der Waals surface area contributed by atoms with E-state index in [1.807, 2.05) is 36.4 Å². The van der Waals surface area contributed by atoms with Crippen molar-refractivity contribution in [2.24, 2.45) is 0 Å². The molecule has 162 valence electrons. The van der Waals surface area contributed by atoms with Crippen LogP contribution >= 0.6 is 11.8 Å². The summed E-state index contributed by atoms with van der Waals surface area (Å²) in [7, 11) is 0. The molecule has 3 aromatic rings. The Kier molecular flexibility index (Phi) is 7.48. The van der Waals surface area contributed by atoms with Gasteiger partial charge in [0.1, 0.15) is 12.4 Å². The van der Waals surface area contributed by atoms with Crippen molar-refractivity contribution in [2.45, 2.75) is 5.16 Å². The first kappa shape index (κ1) is 21.3. The molecule has 10 heteroatoms. The van der Waals surface area contributed by atoms with Gasteiger partial charge in [-0.15, -0.1) is 5.10 Å². The van der Waals surface area contributed by atoms with Crippen LogP contribution in [0.3, 0.4) is 0 Å². The third-order valence-electron chi connectivity index (χ3n) is 4.65. The number of thioether (sulfide) groups is 1. The maximum Gasteiger partial charge on any atom is 0.234 e. The molecule has 1 saturated heterocycles. The van der Waals surface area contributed by atoms with Crippen LogP contribution in [0.1, 0.15) is 0 Å². The van der Waals surface area contributed by atoms with E-state index in [2.05, 4.69) is 30.4 Å². The molecule has 9 nitrogen and oxygen atoms in total. The number of H-pyrrole nitrogens is 1. The number of pyridine rings is 1. The largest absolute Gasteiger partial charge is 0.492 e. The Morgan fingerprint density at radius 1 is 1.23 bits per heavy atom. The number of nitrogens with zero attached hydrogens (tertiary/aromatic N) is 4. The fraction of sp³-hybridized carbons (Fsp3) is 0.333. The zero-order valence-corrected chi connectivity index (χ0v) is 17.8. The van der Waals surface area contributed by atoms with Crippen molar-refractivity contribution in [3.8, 4) is 17.1 Å². The predicted molar refractivity (Wildman–Crippen MR) is 118 cm³/mol. The first-order valence-corrected chi connectivity index (χ1v) is 11.0. The molecule has 2 aromatic heterocycles. The van der Waals surface area contributed by atoms with Crippen LogP contribution in [0.15, 0.2) is 53.9 Å². The molecule has 0 saturated carbocycles. The topological polar surface area (TPSA) is 105 Å². The molecule has 0 spiro atoms. The number of aromatic amines is 1. The van der Waals surface area contributed by atoms with Crippen LogP contribution in [0.4, 0.5) is 5.69 Å².